The number of aryl methyl sites for hydroxylation is 1. The van der Waals surface area contributed by atoms with Gasteiger partial charge in [0, 0.05) is 38.3 Å². The molecular formula is C21H26N2O2. The lowest BCUT2D eigenvalue weighted by atomic mass is 10.1. The van der Waals surface area contributed by atoms with E-state index in [0.29, 0.717) is 6.61 Å². The third kappa shape index (κ3) is 4.60. The highest BCUT2D eigenvalue weighted by molar-refractivity contribution is 5.94. The second-order valence-electron chi connectivity index (χ2n) is 6.51. The molecule has 1 fully saturated rings. The molecule has 25 heavy (non-hydrogen) atoms. The first kappa shape index (κ1) is 17.5. The number of hydrogen-bond donors (Lipinski definition) is 0. The first-order valence-corrected chi connectivity index (χ1v) is 8.96. The summed E-state index contributed by atoms with van der Waals surface area (Å²) in [7, 11) is 0. The standard InChI is InChI=1S/C21H26N2O2/c1-3-25-20-10-8-19(9-11-20)21(24)23-14-12-22(13-15-23)16-18-6-4-17(2)5-7-18/h4-11H,3,12-16H2,1-2H3. The van der Waals surface area contributed by atoms with E-state index in [2.05, 4.69) is 36.1 Å². The highest BCUT2D eigenvalue weighted by Crippen LogP contribution is 2.16. The summed E-state index contributed by atoms with van der Waals surface area (Å²) >= 11 is 0. The van der Waals surface area contributed by atoms with Gasteiger partial charge in [-0.25, -0.2) is 0 Å². The van der Waals surface area contributed by atoms with Crippen LogP contribution in [0.4, 0.5) is 0 Å². The number of ether oxygens (including phenoxy) is 1. The van der Waals surface area contributed by atoms with E-state index in [9.17, 15) is 4.79 Å². The molecular weight excluding hydrogens is 312 g/mol. The van der Waals surface area contributed by atoms with Gasteiger partial charge in [0.05, 0.1) is 6.61 Å². The minimum atomic E-state index is 0.109. The van der Waals surface area contributed by atoms with Gasteiger partial charge >= 0.3 is 0 Å². The maximum atomic E-state index is 12.6. The van der Waals surface area contributed by atoms with Crippen LogP contribution in [0.15, 0.2) is 48.5 Å². The van der Waals surface area contributed by atoms with Crippen molar-refractivity contribution in [3.8, 4) is 5.75 Å². The molecule has 0 unspecified atom stereocenters. The van der Waals surface area contributed by atoms with Crippen LogP contribution in [-0.4, -0.2) is 48.5 Å². The molecule has 1 heterocycles. The Kier molecular flexibility index (Phi) is 5.71. The van der Waals surface area contributed by atoms with Gasteiger partial charge in [0.25, 0.3) is 5.91 Å². The van der Waals surface area contributed by atoms with Crippen LogP contribution in [0.2, 0.25) is 0 Å². The normalized spacial score (nSPS) is 15.2. The van der Waals surface area contributed by atoms with Crippen molar-refractivity contribution in [1.29, 1.82) is 0 Å². The molecule has 0 atom stereocenters. The Hall–Kier alpha value is -2.33. The number of carbonyl (C=O) groups is 1. The van der Waals surface area contributed by atoms with Crippen LogP contribution in [-0.2, 0) is 6.54 Å². The van der Waals surface area contributed by atoms with Gasteiger partial charge in [0.15, 0.2) is 0 Å². The average Bonchev–Trinajstić information content (AvgIpc) is 2.65. The molecule has 4 heteroatoms. The lowest BCUT2D eigenvalue weighted by molar-refractivity contribution is 0.0628. The fraction of sp³-hybridized carbons (Fsp3) is 0.381. The summed E-state index contributed by atoms with van der Waals surface area (Å²) in [5.41, 5.74) is 3.35. The molecule has 0 saturated carbocycles. The van der Waals surface area contributed by atoms with Crippen molar-refractivity contribution < 1.29 is 9.53 Å². The molecule has 2 aromatic rings. The number of benzene rings is 2. The Morgan fingerprint density at radius 2 is 1.60 bits per heavy atom. The number of amides is 1. The third-order valence-electron chi connectivity index (χ3n) is 4.60. The van der Waals surface area contributed by atoms with Crippen LogP contribution in [0.1, 0.15) is 28.4 Å². The third-order valence-corrected chi connectivity index (χ3v) is 4.60. The first-order valence-electron chi connectivity index (χ1n) is 8.96. The number of nitrogens with zero attached hydrogens (tertiary/aromatic N) is 2. The van der Waals surface area contributed by atoms with Gasteiger partial charge in [-0.2, -0.15) is 0 Å². The summed E-state index contributed by atoms with van der Waals surface area (Å²) in [5, 5.41) is 0. The van der Waals surface area contributed by atoms with Crippen molar-refractivity contribution in [2.75, 3.05) is 32.8 Å². The zero-order chi connectivity index (χ0) is 17.6. The van der Waals surface area contributed by atoms with Crippen molar-refractivity contribution in [3.05, 3.63) is 65.2 Å². The Morgan fingerprint density at radius 3 is 2.20 bits per heavy atom. The van der Waals surface area contributed by atoms with Crippen LogP contribution in [0.3, 0.4) is 0 Å². The average molecular weight is 338 g/mol. The van der Waals surface area contributed by atoms with Gasteiger partial charge in [-0.05, 0) is 43.7 Å². The SMILES string of the molecule is CCOc1ccc(C(=O)N2CCN(Cc3ccc(C)cc3)CC2)cc1. The fourth-order valence-corrected chi connectivity index (χ4v) is 3.10. The predicted octanol–water partition coefficient (Wildman–Crippen LogP) is 3.35. The van der Waals surface area contributed by atoms with E-state index in [4.69, 9.17) is 4.74 Å². The van der Waals surface area contributed by atoms with Crippen LogP contribution in [0.5, 0.6) is 5.75 Å². The number of carbonyl (C=O) groups excluding carboxylic acids is 1. The molecule has 1 saturated heterocycles. The van der Waals surface area contributed by atoms with Crippen LogP contribution >= 0.6 is 0 Å². The Bertz CT molecular complexity index is 687. The van der Waals surface area contributed by atoms with Crippen molar-refractivity contribution in [1.82, 2.24) is 9.80 Å². The molecule has 1 amide bonds. The van der Waals surface area contributed by atoms with E-state index in [1.807, 2.05) is 36.1 Å². The minimum Gasteiger partial charge on any atom is -0.494 e. The predicted molar refractivity (Wildman–Crippen MR) is 100.0 cm³/mol. The van der Waals surface area contributed by atoms with Crippen molar-refractivity contribution in [2.45, 2.75) is 20.4 Å². The van der Waals surface area contributed by atoms with Gasteiger partial charge in [0.1, 0.15) is 5.75 Å². The molecule has 3 rings (SSSR count). The van der Waals surface area contributed by atoms with Crippen LogP contribution < -0.4 is 4.74 Å². The van der Waals surface area contributed by atoms with E-state index in [1.54, 1.807) is 0 Å². The minimum absolute atomic E-state index is 0.109. The van der Waals surface area contributed by atoms with Gasteiger partial charge < -0.3 is 9.64 Å². The molecule has 0 aromatic heterocycles. The summed E-state index contributed by atoms with van der Waals surface area (Å²) in [6, 6.07) is 16.1. The van der Waals surface area contributed by atoms with Crippen LogP contribution in [0.25, 0.3) is 0 Å². The van der Waals surface area contributed by atoms with E-state index in [0.717, 1.165) is 44.0 Å². The number of rotatable bonds is 5. The van der Waals surface area contributed by atoms with E-state index < -0.39 is 0 Å². The molecule has 2 aromatic carbocycles. The summed E-state index contributed by atoms with van der Waals surface area (Å²) in [4.78, 5) is 17.0. The molecule has 1 aliphatic heterocycles. The van der Waals surface area contributed by atoms with Crippen LogP contribution in [0, 0.1) is 6.92 Å². The lowest BCUT2D eigenvalue weighted by Crippen LogP contribution is -2.48. The summed E-state index contributed by atoms with van der Waals surface area (Å²) < 4.78 is 5.43. The van der Waals surface area contributed by atoms with E-state index in [1.165, 1.54) is 11.1 Å². The largest absolute Gasteiger partial charge is 0.494 e. The Labute approximate surface area is 150 Å². The zero-order valence-electron chi connectivity index (χ0n) is 15.1. The molecule has 0 bridgehead atoms. The topological polar surface area (TPSA) is 32.8 Å². The molecule has 0 aliphatic carbocycles. The molecule has 0 N–H and O–H groups in total. The van der Waals surface area contributed by atoms with Gasteiger partial charge in [0.2, 0.25) is 0 Å². The second kappa shape index (κ2) is 8.17. The highest BCUT2D eigenvalue weighted by Gasteiger charge is 2.22. The Balaban J connectivity index is 1.52. The maximum absolute atomic E-state index is 12.6. The smallest absolute Gasteiger partial charge is 0.253 e. The number of hydrogen-bond acceptors (Lipinski definition) is 3. The molecule has 4 nitrogen and oxygen atoms in total. The monoisotopic (exact) mass is 338 g/mol. The number of piperazine rings is 1. The highest BCUT2D eigenvalue weighted by atomic mass is 16.5. The van der Waals surface area contributed by atoms with Gasteiger partial charge in [-0.3, -0.25) is 9.69 Å². The summed E-state index contributed by atoms with van der Waals surface area (Å²) in [6.07, 6.45) is 0. The van der Waals surface area contributed by atoms with Gasteiger partial charge in [-0.1, -0.05) is 29.8 Å². The molecule has 0 radical (unpaired) electrons. The van der Waals surface area contributed by atoms with Crippen molar-refractivity contribution in [2.24, 2.45) is 0 Å². The molecule has 132 valence electrons. The van der Waals surface area contributed by atoms with Crippen molar-refractivity contribution in [3.63, 3.8) is 0 Å². The maximum Gasteiger partial charge on any atom is 0.253 e. The second-order valence-corrected chi connectivity index (χ2v) is 6.51. The van der Waals surface area contributed by atoms with E-state index in [-0.39, 0.29) is 5.91 Å². The lowest BCUT2D eigenvalue weighted by Gasteiger charge is -2.34. The Morgan fingerprint density at radius 1 is 0.960 bits per heavy atom. The molecule has 0 spiro atoms. The fourth-order valence-electron chi connectivity index (χ4n) is 3.10. The van der Waals surface area contributed by atoms with E-state index >= 15 is 0 Å². The van der Waals surface area contributed by atoms with Gasteiger partial charge in [-0.15, -0.1) is 0 Å². The first-order chi connectivity index (χ1) is 12.2. The summed E-state index contributed by atoms with van der Waals surface area (Å²) in [5.74, 6) is 0.917. The zero-order valence-corrected chi connectivity index (χ0v) is 15.1. The summed E-state index contributed by atoms with van der Waals surface area (Å²) in [6.45, 7) is 9.02. The van der Waals surface area contributed by atoms with Crippen molar-refractivity contribution >= 4 is 5.91 Å². The molecule has 1 aliphatic rings. The quantitative estimate of drug-likeness (QED) is 0.838.